The van der Waals surface area contributed by atoms with E-state index in [9.17, 15) is 0 Å². The SMILES string of the molecule is CCNC(=NCc1cccnc1OC)NCCOCC. The first kappa shape index (κ1) is 16.2. The van der Waals surface area contributed by atoms with Crippen LogP contribution in [0.5, 0.6) is 5.88 Å². The van der Waals surface area contributed by atoms with Crippen LogP contribution in [0.3, 0.4) is 0 Å². The van der Waals surface area contributed by atoms with Crippen LogP contribution in [0, 0.1) is 0 Å². The second-order valence-electron chi connectivity index (χ2n) is 3.99. The van der Waals surface area contributed by atoms with Gasteiger partial charge in [0, 0.05) is 31.5 Å². The molecule has 1 aromatic rings. The van der Waals surface area contributed by atoms with Crippen molar-refractivity contribution in [3.63, 3.8) is 0 Å². The van der Waals surface area contributed by atoms with E-state index in [-0.39, 0.29) is 0 Å². The molecular formula is C14H24N4O2. The number of rotatable bonds is 8. The molecule has 0 radical (unpaired) electrons. The minimum Gasteiger partial charge on any atom is -0.481 e. The predicted molar refractivity (Wildman–Crippen MR) is 80.1 cm³/mol. The Morgan fingerprint density at radius 2 is 2.20 bits per heavy atom. The maximum atomic E-state index is 5.29. The van der Waals surface area contributed by atoms with Gasteiger partial charge in [0.25, 0.3) is 0 Å². The Morgan fingerprint density at radius 1 is 1.35 bits per heavy atom. The van der Waals surface area contributed by atoms with Crippen molar-refractivity contribution in [2.75, 3.05) is 33.4 Å². The van der Waals surface area contributed by atoms with Crippen molar-refractivity contribution in [3.8, 4) is 5.88 Å². The summed E-state index contributed by atoms with van der Waals surface area (Å²) in [7, 11) is 1.61. The third-order valence-electron chi connectivity index (χ3n) is 2.54. The largest absolute Gasteiger partial charge is 0.481 e. The second-order valence-corrected chi connectivity index (χ2v) is 3.99. The molecule has 0 aliphatic heterocycles. The molecule has 6 nitrogen and oxygen atoms in total. The van der Waals surface area contributed by atoms with Crippen LogP contribution in [0.2, 0.25) is 0 Å². The number of aromatic nitrogens is 1. The molecule has 0 saturated carbocycles. The number of hydrogen-bond donors (Lipinski definition) is 2. The lowest BCUT2D eigenvalue weighted by atomic mass is 10.3. The fourth-order valence-electron chi connectivity index (χ4n) is 1.62. The molecule has 0 aromatic carbocycles. The van der Waals surface area contributed by atoms with Crippen molar-refractivity contribution in [2.45, 2.75) is 20.4 Å². The predicted octanol–water partition coefficient (Wildman–Crippen LogP) is 1.18. The van der Waals surface area contributed by atoms with Gasteiger partial charge in [0.1, 0.15) is 0 Å². The highest BCUT2D eigenvalue weighted by Crippen LogP contribution is 2.14. The van der Waals surface area contributed by atoms with Gasteiger partial charge in [-0.05, 0) is 19.9 Å². The van der Waals surface area contributed by atoms with Gasteiger partial charge < -0.3 is 20.1 Å². The summed E-state index contributed by atoms with van der Waals surface area (Å²) in [6, 6.07) is 3.84. The fourth-order valence-corrected chi connectivity index (χ4v) is 1.62. The van der Waals surface area contributed by atoms with Gasteiger partial charge in [-0.1, -0.05) is 6.07 Å². The molecule has 0 spiro atoms. The molecule has 0 fully saturated rings. The molecule has 1 aromatic heterocycles. The Labute approximate surface area is 120 Å². The van der Waals surface area contributed by atoms with Gasteiger partial charge >= 0.3 is 0 Å². The van der Waals surface area contributed by atoms with Crippen molar-refractivity contribution in [2.24, 2.45) is 4.99 Å². The first-order chi connectivity index (χ1) is 9.81. The van der Waals surface area contributed by atoms with Crippen molar-refractivity contribution < 1.29 is 9.47 Å². The second kappa shape index (κ2) is 10.0. The Bertz CT molecular complexity index is 410. The monoisotopic (exact) mass is 280 g/mol. The summed E-state index contributed by atoms with van der Waals surface area (Å²) in [5.74, 6) is 1.37. The van der Waals surface area contributed by atoms with Gasteiger partial charge in [-0.25, -0.2) is 9.98 Å². The lowest BCUT2D eigenvalue weighted by molar-refractivity contribution is 0.152. The van der Waals surface area contributed by atoms with Crippen molar-refractivity contribution >= 4 is 5.96 Å². The number of guanidine groups is 1. The van der Waals surface area contributed by atoms with Gasteiger partial charge in [0.05, 0.1) is 20.3 Å². The van der Waals surface area contributed by atoms with E-state index in [4.69, 9.17) is 9.47 Å². The summed E-state index contributed by atoms with van der Waals surface area (Å²) >= 11 is 0. The number of pyridine rings is 1. The Balaban J connectivity index is 2.57. The van der Waals surface area contributed by atoms with Crippen LogP contribution in [0.15, 0.2) is 23.3 Å². The standard InChI is InChI=1S/C14H24N4O2/c1-4-15-14(17-9-10-20-5-2)18-11-12-7-6-8-16-13(12)19-3/h6-8H,4-5,9-11H2,1-3H3,(H2,15,17,18). The number of nitrogens with zero attached hydrogens (tertiary/aromatic N) is 2. The lowest BCUT2D eigenvalue weighted by Crippen LogP contribution is -2.39. The maximum Gasteiger partial charge on any atom is 0.218 e. The molecule has 2 N–H and O–H groups in total. The number of methoxy groups -OCH3 is 1. The van der Waals surface area contributed by atoms with Gasteiger partial charge in [-0.2, -0.15) is 0 Å². The average Bonchev–Trinajstić information content (AvgIpc) is 2.49. The van der Waals surface area contributed by atoms with E-state index < -0.39 is 0 Å². The van der Waals surface area contributed by atoms with Crippen LogP contribution in [0.1, 0.15) is 19.4 Å². The topological polar surface area (TPSA) is 67.8 Å². The van der Waals surface area contributed by atoms with E-state index in [1.807, 2.05) is 26.0 Å². The van der Waals surface area contributed by atoms with Crippen molar-refractivity contribution in [1.29, 1.82) is 0 Å². The van der Waals surface area contributed by atoms with Crippen LogP contribution in [0.25, 0.3) is 0 Å². The zero-order valence-corrected chi connectivity index (χ0v) is 12.5. The van der Waals surface area contributed by atoms with Crippen LogP contribution >= 0.6 is 0 Å². The van der Waals surface area contributed by atoms with Crippen LogP contribution < -0.4 is 15.4 Å². The summed E-state index contributed by atoms with van der Waals surface area (Å²) in [5, 5.41) is 6.41. The summed E-state index contributed by atoms with van der Waals surface area (Å²) in [6.45, 7) is 7.45. The number of nitrogens with one attached hydrogen (secondary N) is 2. The first-order valence-electron chi connectivity index (χ1n) is 6.89. The minimum absolute atomic E-state index is 0.515. The Hall–Kier alpha value is -1.82. The normalized spacial score (nSPS) is 11.2. The molecule has 0 unspecified atom stereocenters. The highest BCUT2D eigenvalue weighted by Gasteiger charge is 2.03. The van der Waals surface area contributed by atoms with E-state index in [1.54, 1.807) is 13.3 Å². The molecule has 0 atom stereocenters. The third-order valence-corrected chi connectivity index (χ3v) is 2.54. The Morgan fingerprint density at radius 3 is 2.90 bits per heavy atom. The molecule has 0 bridgehead atoms. The van der Waals surface area contributed by atoms with Crippen LogP contribution in [-0.2, 0) is 11.3 Å². The van der Waals surface area contributed by atoms with Gasteiger partial charge in [-0.15, -0.1) is 0 Å². The highest BCUT2D eigenvalue weighted by molar-refractivity contribution is 5.79. The van der Waals surface area contributed by atoms with Crippen molar-refractivity contribution in [1.82, 2.24) is 15.6 Å². The van der Waals surface area contributed by atoms with Crippen LogP contribution in [0.4, 0.5) is 0 Å². The first-order valence-corrected chi connectivity index (χ1v) is 6.89. The molecule has 1 rings (SSSR count). The van der Waals surface area contributed by atoms with Gasteiger partial charge in [0.15, 0.2) is 5.96 Å². The van der Waals surface area contributed by atoms with E-state index in [0.717, 1.165) is 31.2 Å². The summed E-state index contributed by atoms with van der Waals surface area (Å²) in [6.07, 6.45) is 1.71. The number of hydrogen-bond acceptors (Lipinski definition) is 4. The minimum atomic E-state index is 0.515. The highest BCUT2D eigenvalue weighted by atomic mass is 16.5. The molecule has 0 aliphatic rings. The number of aliphatic imine (C=N–C) groups is 1. The third kappa shape index (κ3) is 5.88. The molecule has 20 heavy (non-hydrogen) atoms. The Kier molecular flexibility index (Phi) is 8.14. The summed E-state index contributed by atoms with van der Waals surface area (Å²) < 4.78 is 10.5. The van der Waals surface area contributed by atoms with Gasteiger partial charge in [0.2, 0.25) is 5.88 Å². The van der Waals surface area contributed by atoms with Gasteiger partial charge in [-0.3, -0.25) is 0 Å². The maximum absolute atomic E-state index is 5.29. The zero-order chi connectivity index (χ0) is 14.6. The van der Waals surface area contributed by atoms with E-state index >= 15 is 0 Å². The molecular weight excluding hydrogens is 256 g/mol. The quantitative estimate of drug-likeness (QED) is 0.425. The summed E-state index contributed by atoms with van der Waals surface area (Å²) in [4.78, 5) is 8.66. The van der Waals surface area contributed by atoms with E-state index in [2.05, 4.69) is 20.6 Å². The van der Waals surface area contributed by atoms with Crippen molar-refractivity contribution in [3.05, 3.63) is 23.9 Å². The summed E-state index contributed by atoms with van der Waals surface area (Å²) in [5.41, 5.74) is 0.956. The van der Waals surface area contributed by atoms with E-state index in [1.165, 1.54) is 0 Å². The molecule has 112 valence electrons. The molecule has 0 amide bonds. The molecule has 1 heterocycles. The smallest absolute Gasteiger partial charge is 0.218 e. The fraction of sp³-hybridized carbons (Fsp3) is 0.571. The molecule has 0 saturated heterocycles. The van der Waals surface area contributed by atoms with E-state index in [0.29, 0.717) is 19.0 Å². The average molecular weight is 280 g/mol. The lowest BCUT2D eigenvalue weighted by Gasteiger charge is -2.11. The zero-order valence-electron chi connectivity index (χ0n) is 12.5. The van der Waals surface area contributed by atoms with Crippen LogP contribution in [-0.4, -0.2) is 44.4 Å². The molecule has 6 heteroatoms. The number of ether oxygens (including phenoxy) is 2. The molecule has 0 aliphatic carbocycles.